The van der Waals surface area contributed by atoms with Crippen molar-refractivity contribution >= 4 is 11.3 Å². The Labute approximate surface area is 114 Å². The topological polar surface area (TPSA) is 35.2 Å². The van der Waals surface area contributed by atoms with E-state index < -0.39 is 17.7 Å². The molecule has 0 aliphatic carbocycles. The summed E-state index contributed by atoms with van der Waals surface area (Å²) in [5.41, 5.74) is 5.88. The Kier molecular flexibility index (Phi) is 4.17. The summed E-state index contributed by atoms with van der Waals surface area (Å²) in [6, 6.07) is 6.64. The van der Waals surface area contributed by atoms with Crippen LogP contribution in [-0.2, 0) is 0 Å². The fraction of sp³-hybridized carbons (Fsp3) is 0.286. The van der Waals surface area contributed by atoms with E-state index >= 15 is 0 Å². The van der Waals surface area contributed by atoms with Gasteiger partial charge in [-0.15, -0.1) is 11.3 Å². The zero-order valence-corrected chi connectivity index (χ0v) is 11.5. The van der Waals surface area contributed by atoms with E-state index in [0.717, 1.165) is 28.0 Å². The maximum atomic E-state index is 13.6. The Morgan fingerprint density at radius 1 is 1.21 bits per heavy atom. The summed E-state index contributed by atoms with van der Waals surface area (Å²) < 4.78 is 32.3. The molecular weight excluding hydrogens is 268 g/mol. The van der Waals surface area contributed by atoms with Gasteiger partial charge in [-0.2, -0.15) is 0 Å². The van der Waals surface area contributed by atoms with Crippen LogP contribution in [0.15, 0.2) is 30.3 Å². The van der Waals surface area contributed by atoms with Gasteiger partial charge in [0.2, 0.25) is 0 Å². The molecule has 0 saturated heterocycles. The Hall–Kier alpha value is -1.46. The predicted octanol–water partition coefficient (Wildman–Crippen LogP) is 3.80. The van der Waals surface area contributed by atoms with Crippen molar-refractivity contribution in [1.82, 2.24) is 0 Å². The number of aryl methyl sites for hydroxylation is 1. The van der Waals surface area contributed by atoms with Crippen molar-refractivity contribution in [2.24, 2.45) is 5.73 Å². The van der Waals surface area contributed by atoms with Crippen molar-refractivity contribution in [3.8, 4) is 5.75 Å². The van der Waals surface area contributed by atoms with Crippen LogP contribution in [0.4, 0.5) is 8.78 Å². The minimum atomic E-state index is -0.597. The van der Waals surface area contributed by atoms with Gasteiger partial charge in [-0.05, 0) is 38.1 Å². The molecule has 1 aromatic heterocycles. The molecule has 0 amide bonds. The lowest BCUT2D eigenvalue weighted by atomic mass is 10.1. The zero-order chi connectivity index (χ0) is 14.0. The summed E-state index contributed by atoms with van der Waals surface area (Å²) in [6.07, 6.45) is -0.491. The molecule has 102 valence electrons. The Balaban J connectivity index is 2.29. The Bertz CT molecular complexity index is 568. The van der Waals surface area contributed by atoms with Crippen molar-refractivity contribution in [3.63, 3.8) is 0 Å². The minimum Gasteiger partial charge on any atom is -0.480 e. The first-order valence-electron chi connectivity index (χ1n) is 5.91. The highest BCUT2D eigenvalue weighted by molar-refractivity contribution is 7.12. The lowest BCUT2D eigenvalue weighted by molar-refractivity contribution is 0.175. The molecule has 0 fully saturated rings. The summed E-state index contributed by atoms with van der Waals surface area (Å²) in [4.78, 5) is 2.01. The van der Waals surface area contributed by atoms with Crippen molar-refractivity contribution in [1.29, 1.82) is 0 Å². The molecule has 19 heavy (non-hydrogen) atoms. The number of thiophene rings is 1. The SMILES string of the molecule is Cc1ccc(C(Oc2cc(F)ccc2F)C(C)N)s1. The van der Waals surface area contributed by atoms with Gasteiger partial charge in [0.15, 0.2) is 11.6 Å². The van der Waals surface area contributed by atoms with Crippen LogP contribution in [0.1, 0.15) is 22.8 Å². The molecule has 2 atom stereocenters. The second-order valence-electron chi connectivity index (χ2n) is 4.42. The zero-order valence-electron chi connectivity index (χ0n) is 10.7. The van der Waals surface area contributed by atoms with Crippen LogP contribution in [0.25, 0.3) is 0 Å². The van der Waals surface area contributed by atoms with E-state index in [9.17, 15) is 8.78 Å². The predicted molar refractivity (Wildman–Crippen MR) is 72.4 cm³/mol. The number of hydrogen-bond acceptors (Lipinski definition) is 3. The molecule has 2 rings (SSSR count). The average Bonchev–Trinajstić information content (AvgIpc) is 2.76. The summed E-state index contributed by atoms with van der Waals surface area (Å²) in [5, 5.41) is 0. The number of ether oxygens (including phenoxy) is 1. The molecule has 2 nitrogen and oxygen atoms in total. The molecule has 0 radical (unpaired) electrons. The van der Waals surface area contributed by atoms with Gasteiger partial charge in [0, 0.05) is 21.9 Å². The van der Waals surface area contributed by atoms with Gasteiger partial charge >= 0.3 is 0 Å². The van der Waals surface area contributed by atoms with Gasteiger partial charge in [0.1, 0.15) is 11.9 Å². The standard InChI is InChI=1S/C14H15F2NOS/c1-8-3-6-13(19-8)14(9(2)17)18-12-7-10(15)4-5-11(12)16/h3-7,9,14H,17H2,1-2H3. The summed E-state index contributed by atoms with van der Waals surface area (Å²) >= 11 is 1.53. The van der Waals surface area contributed by atoms with E-state index in [-0.39, 0.29) is 11.8 Å². The Morgan fingerprint density at radius 2 is 1.95 bits per heavy atom. The van der Waals surface area contributed by atoms with Gasteiger partial charge in [0.25, 0.3) is 0 Å². The smallest absolute Gasteiger partial charge is 0.165 e. The van der Waals surface area contributed by atoms with E-state index in [4.69, 9.17) is 10.5 Å². The third kappa shape index (κ3) is 3.30. The van der Waals surface area contributed by atoms with E-state index in [1.807, 2.05) is 19.1 Å². The van der Waals surface area contributed by atoms with E-state index in [1.165, 1.54) is 11.3 Å². The third-order valence-electron chi connectivity index (χ3n) is 2.67. The van der Waals surface area contributed by atoms with E-state index in [2.05, 4.69) is 0 Å². The fourth-order valence-corrected chi connectivity index (χ4v) is 2.76. The Morgan fingerprint density at radius 3 is 2.53 bits per heavy atom. The van der Waals surface area contributed by atoms with Gasteiger partial charge in [-0.25, -0.2) is 8.78 Å². The van der Waals surface area contributed by atoms with Crippen LogP contribution >= 0.6 is 11.3 Å². The number of rotatable bonds is 4. The molecule has 0 saturated carbocycles. The molecule has 2 N–H and O–H groups in total. The molecule has 1 aromatic carbocycles. The number of nitrogens with two attached hydrogens (primary N) is 1. The quantitative estimate of drug-likeness (QED) is 0.926. The van der Waals surface area contributed by atoms with Gasteiger partial charge < -0.3 is 10.5 Å². The number of hydrogen-bond donors (Lipinski definition) is 1. The first kappa shape index (κ1) is 14.0. The highest BCUT2D eigenvalue weighted by Gasteiger charge is 2.21. The normalized spacial score (nSPS) is 14.2. The summed E-state index contributed by atoms with van der Waals surface area (Å²) in [6.45, 7) is 3.74. The van der Waals surface area contributed by atoms with Crippen LogP contribution in [-0.4, -0.2) is 6.04 Å². The van der Waals surface area contributed by atoms with Crippen LogP contribution in [0.5, 0.6) is 5.75 Å². The number of halogens is 2. The molecule has 0 spiro atoms. The monoisotopic (exact) mass is 283 g/mol. The molecule has 2 unspecified atom stereocenters. The van der Waals surface area contributed by atoms with Crippen LogP contribution in [0.2, 0.25) is 0 Å². The van der Waals surface area contributed by atoms with Gasteiger partial charge in [-0.3, -0.25) is 0 Å². The van der Waals surface area contributed by atoms with Gasteiger partial charge in [-0.1, -0.05) is 0 Å². The fourth-order valence-electron chi connectivity index (χ4n) is 1.74. The second kappa shape index (κ2) is 5.67. The molecule has 0 aliphatic heterocycles. The molecule has 5 heteroatoms. The molecule has 2 aromatic rings. The minimum absolute atomic E-state index is 0.117. The van der Waals surface area contributed by atoms with Crippen molar-refractivity contribution in [2.75, 3.05) is 0 Å². The van der Waals surface area contributed by atoms with Crippen molar-refractivity contribution in [2.45, 2.75) is 26.0 Å². The largest absolute Gasteiger partial charge is 0.480 e. The first-order valence-corrected chi connectivity index (χ1v) is 6.72. The van der Waals surface area contributed by atoms with Crippen molar-refractivity contribution < 1.29 is 13.5 Å². The second-order valence-corrected chi connectivity index (χ2v) is 5.74. The summed E-state index contributed by atoms with van der Waals surface area (Å²) in [7, 11) is 0. The molecular formula is C14H15F2NOS. The molecule has 0 aliphatic rings. The first-order chi connectivity index (χ1) is 8.97. The lowest BCUT2D eigenvalue weighted by Crippen LogP contribution is -2.28. The highest BCUT2D eigenvalue weighted by Crippen LogP contribution is 2.31. The van der Waals surface area contributed by atoms with Crippen molar-refractivity contribution in [3.05, 3.63) is 51.7 Å². The molecule has 1 heterocycles. The maximum Gasteiger partial charge on any atom is 0.165 e. The maximum absolute atomic E-state index is 13.6. The average molecular weight is 283 g/mol. The highest BCUT2D eigenvalue weighted by atomic mass is 32.1. The lowest BCUT2D eigenvalue weighted by Gasteiger charge is -2.21. The van der Waals surface area contributed by atoms with Gasteiger partial charge in [0.05, 0.1) is 0 Å². The van der Waals surface area contributed by atoms with Crippen LogP contribution in [0.3, 0.4) is 0 Å². The summed E-state index contributed by atoms with van der Waals surface area (Å²) in [5.74, 6) is -1.25. The van der Waals surface area contributed by atoms with Crippen LogP contribution in [0, 0.1) is 18.6 Å². The van der Waals surface area contributed by atoms with E-state index in [1.54, 1.807) is 6.92 Å². The van der Waals surface area contributed by atoms with Crippen LogP contribution < -0.4 is 10.5 Å². The van der Waals surface area contributed by atoms with E-state index in [0.29, 0.717) is 0 Å². The molecule has 0 bridgehead atoms. The number of benzene rings is 1. The third-order valence-corrected chi connectivity index (χ3v) is 3.73.